The summed E-state index contributed by atoms with van der Waals surface area (Å²) in [5.41, 5.74) is 2.41. The molecular weight excluding hydrogens is 326 g/mol. The fourth-order valence-corrected chi connectivity index (χ4v) is 2.62. The van der Waals surface area contributed by atoms with E-state index in [1.165, 1.54) is 5.56 Å². The SMILES string of the molecule is CCC(C)c1ccccc1Oc1cc(Br)ccc1CNC. The zero-order valence-corrected chi connectivity index (χ0v) is 14.4. The molecule has 0 aliphatic carbocycles. The van der Waals surface area contributed by atoms with Gasteiger partial charge in [-0.3, -0.25) is 0 Å². The molecule has 0 aliphatic heterocycles. The number of hydrogen-bond acceptors (Lipinski definition) is 2. The van der Waals surface area contributed by atoms with Gasteiger partial charge in [-0.15, -0.1) is 0 Å². The summed E-state index contributed by atoms with van der Waals surface area (Å²) in [6.45, 7) is 5.22. The van der Waals surface area contributed by atoms with Crippen molar-refractivity contribution in [1.82, 2.24) is 5.32 Å². The van der Waals surface area contributed by atoms with Crippen molar-refractivity contribution in [3.8, 4) is 11.5 Å². The maximum absolute atomic E-state index is 6.23. The van der Waals surface area contributed by atoms with Crippen molar-refractivity contribution in [2.24, 2.45) is 0 Å². The summed E-state index contributed by atoms with van der Waals surface area (Å²) in [5.74, 6) is 2.33. The minimum absolute atomic E-state index is 0.487. The first kappa shape index (κ1) is 16.1. The van der Waals surface area contributed by atoms with Crippen LogP contribution in [0.3, 0.4) is 0 Å². The molecule has 2 aromatic carbocycles. The summed E-state index contributed by atoms with van der Waals surface area (Å²) in [5, 5.41) is 3.18. The van der Waals surface area contributed by atoms with E-state index in [0.29, 0.717) is 5.92 Å². The van der Waals surface area contributed by atoms with Crippen molar-refractivity contribution in [1.29, 1.82) is 0 Å². The number of halogens is 1. The quantitative estimate of drug-likeness (QED) is 0.747. The van der Waals surface area contributed by atoms with Gasteiger partial charge < -0.3 is 10.1 Å². The Morgan fingerprint density at radius 2 is 1.90 bits per heavy atom. The van der Waals surface area contributed by atoms with Crippen LogP contribution in [0.2, 0.25) is 0 Å². The van der Waals surface area contributed by atoms with Gasteiger partial charge in [0.15, 0.2) is 0 Å². The molecule has 2 rings (SSSR count). The molecule has 112 valence electrons. The van der Waals surface area contributed by atoms with Crippen molar-refractivity contribution < 1.29 is 4.74 Å². The molecule has 0 amide bonds. The number of hydrogen-bond donors (Lipinski definition) is 1. The first-order chi connectivity index (χ1) is 10.2. The standard InChI is InChI=1S/C18H22BrNO/c1-4-13(2)16-7-5-6-8-17(16)21-18-11-15(19)10-9-14(18)12-20-3/h5-11,13,20H,4,12H2,1-3H3. The minimum atomic E-state index is 0.487. The van der Waals surface area contributed by atoms with E-state index < -0.39 is 0 Å². The highest BCUT2D eigenvalue weighted by atomic mass is 79.9. The summed E-state index contributed by atoms with van der Waals surface area (Å²) in [7, 11) is 1.94. The van der Waals surface area contributed by atoms with Crippen LogP contribution in [-0.4, -0.2) is 7.05 Å². The summed E-state index contributed by atoms with van der Waals surface area (Å²) < 4.78 is 7.25. The van der Waals surface area contributed by atoms with Gasteiger partial charge in [0, 0.05) is 16.6 Å². The average molecular weight is 348 g/mol. The van der Waals surface area contributed by atoms with E-state index in [0.717, 1.165) is 34.5 Å². The highest BCUT2D eigenvalue weighted by molar-refractivity contribution is 9.10. The van der Waals surface area contributed by atoms with E-state index in [9.17, 15) is 0 Å². The van der Waals surface area contributed by atoms with Crippen LogP contribution >= 0.6 is 15.9 Å². The third kappa shape index (κ3) is 4.08. The highest BCUT2D eigenvalue weighted by Crippen LogP contribution is 2.34. The molecule has 0 bridgehead atoms. The summed E-state index contributed by atoms with van der Waals surface area (Å²) in [6.07, 6.45) is 1.10. The maximum atomic E-state index is 6.23. The van der Waals surface area contributed by atoms with Crippen LogP contribution < -0.4 is 10.1 Å². The Morgan fingerprint density at radius 1 is 1.14 bits per heavy atom. The fourth-order valence-electron chi connectivity index (χ4n) is 2.28. The molecule has 0 spiro atoms. The Balaban J connectivity index is 2.36. The lowest BCUT2D eigenvalue weighted by Crippen LogP contribution is -2.06. The first-order valence-corrected chi connectivity index (χ1v) is 8.14. The smallest absolute Gasteiger partial charge is 0.133 e. The molecule has 1 atom stereocenters. The van der Waals surface area contributed by atoms with Crippen molar-refractivity contribution >= 4 is 15.9 Å². The zero-order valence-electron chi connectivity index (χ0n) is 12.8. The molecule has 1 N–H and O–H groups in total. The van der Waals surface area contributed by atoms with Gasteiger partial charge in [-0.1, -0.05) is 54.0 Å². The molecule has 0 saturated carbocycles. The monoisotopic (exact) mass is 347 g/mol. The molecule has 2 nitrogen and oxygen atoms in total. The van der Waals surface area contributed by atoms with Gasteiger partial charge in [0.2, 0.25) is 0 Å². The van der Waals surface area contributed by atoms with Gasteiger partial charge >= 0.3 is 0 Å². The minimum Gasteiger partial charge on any atom is -0.457 e. The van der Waals surface area contributed by atoms with Crippen LogP contribution in [-0.2, 0) is 6.54 Å². The number of nitrogens with one attached hydrogen (secondary N) is 1. The second kappa shape index (κ2) is 7.62. The Morgan fingerprint density at radius 3 is 2.62 bits per heavy atom. The Labute approximate surface area is 135 Å². The van der Waals surface area contributed by atoms with Crippen LogP contribution in [0.1, 0.15) is 37.3 Å². The molecule has 0 aromatic heterocycles. The van der Waals surface area contributed by atoms with Crippen molar-refractivity contribution in [2.45, 2.75) is 32.7 Å². The van der Waals surface area contributed by atoms with Crippen LogP contribution in [0.5, 0.6) is 11.5 Å². The third-order valence-electron chi connectivity index (χ3n) is 3.68. The van der Waals surface area contributed by atoms with E-state index in [1.54, 1.807) is 0 Å². The van der Waals surface area contributed by atoms with Gasteiger partial charge in [-0.25, -0.2) is 0 Å². The van der Waals surface area contributed by atoms with Crippen LogP contribution in [0.15, 0.2) is 46.9 Å². The molecule has 0 radical (unpaired) electrons. The Hall–Kier alpha value is -1.32. The lowest BCUT2D eigenvalue weighted by Gasteiger charge is -2.17. The highest BCUT2D eigenvalue weighted by Gasteiger charge is 2.12. The van der Waals surface area contributed by atoms with Gasteiger partial charge in [-0.2, -0.15) is 0 Å². The maximum Gasteiger partial charge on any atom is 0.133 e. The Kier molecular flexibility index (Phi) is 5.83. The number of para-hydroxylation sites is 1. The largest absolute Gasteiger partial charge is 0.457 e. The van der Waals surface area contributed by atoms with Crippen LogP contribution in [0.4, 0.5) is 0 Å². The predicted octanol–water partition coefficient (Wildman–Crippen LogP) is 5.47. The average Bonchev–Trinajstić information content (AvgIpc) is 2.50. The van der Waals surface area contributed by atoms with E-state index in [4.69, 9.17) is 4.74 Å². The zero-order chi connectivity index (χ0) is 15.2. The van der Waals surface area contributed by atoms with E-state index >= 15 is 0 Å². The number of ether oxygens (including phenoxy) is 1. The lowest BCUT2D eigenvalue weighted by atomic mass is 9.98. The van der Waals surface area contributed by atoms with Crippen molar-refractivity contribution in [2.75, 3.05) is 7.05 Å². The molecule has 21 heavy (non-hydrogen) atoms. The van der Waals surface area contributed by atoms with Crippen LogP contribution in [0.25, 0.3) is 0 Å². The number of benzene rings is 2. The summed E-state index contributed by atoms with van der Waals surface area (Å²) >= 11 is 3.52. The second-order valence-electron chi connectivity index (χ2n) is 5.23. The van der Waals surface area contributed by atoms with Gasteiger partial charge in [0.1, 0.15) is 11.5 Å². The molecule has 3 heteroatoms. The third-order valence-corrected chi connectivity index (χ3v) is 4.17. The van der Waals surface area contributed by atoms with E-state index in [-0.39, 0.29) is 0 Å². The molecule has 2 aromatic rings. The second-order valence-corrected chi connectivity index (χ2v) is 6.15. The number of rotatable bonds is 6. The van der Waals surface area contributed by atoms with Gasteiger partial charge in [-0.05, 0) is 43.1 Å². The lowest BCUT2D eigenvalue weighted by molar-refractivity contribution is 0.462. The molecule has 0 heterocycles. The normalized spacial score (nSPS) is 12.2. The summed E-state index contributed by atoms with van der Waals surface area (Å²) in [4.78, 5) is 0. The fraction of sp³-hybridized carbons (Fsp3) is 0.333. The molecule has 0 aliphatic rings. The topological polar surface area (TPSA) is 21.3 Å². The van der Waals surface area contributed by atoms with Crippen molar-refractivity contribution in [3.05, 3.63) is 58.1 Å². The molecule has 0 fully saturated rings. The molecule has 0 saturated heterocycles. The predicted molar refractivity (Wildman–Crippen MR) is 92.1 cm³/mol. The summed E-state index contributed by atoms with van der Waals surface area (Å²) in [6, 6.07) is 14.5. The molecule has 1 unspecified atom stereocenters. The van der Waals surface area contributed by atoms with Gasteiger partial charge in [0.25, 0.3) is 0 Å². The van der Waals surface area contributed by atoms with Crippen molar-refractivity contribution in [3.63, 3.8) is 0 Å². The Bertz CT molecular complexity index is 598. The molecular formula is C18H22BrNO. The van der Waals surface area contributed by atoms with E-state index in [2.05, 4.69) is 53.3 Å². The van der Waals surface area contributed by atoms with Crippen LogP contribution in [0, 0.1) is 0 Å². The van der Waals surface area contributed by atoms with E-state index in [1.807, 2.05) is 31.3 Å². The van der Waals surface area contributed by atoms with Gasteiger partial charge in [0.05, 0.1) is 0 Å². The first-order valence-electron chi connectivity index (χ1n) is 7.35.